The lowest BCUT2D eigenvalue weighted by Gasteiger charge is -2.21. The first kappa shape index (κ1) is 17.2. The highest BCUT2D eigenvalue weighted by Gasteiger charge is 2.35. The van der Waals surface area contributed by atoms with E-state index in [1.165, 1.54) is 36.4 Å². The number of fused-ring (bicyclic) bond motifs is 2. The van der Waals surface area contributed by atoms with Crippen LogP contribution in [0, 0.1) is 0 Å². The van der Waals surface area contributed by atoms with Crippen LogP contribution in [0.5, 0.6) is 11.5 Å². The number of rotatable bonds is 2. The van der Waals surface area contributed by atoms with E-state index in [-0.39, 0.29) is 33.8 Å². The molecule has 0 amide bonds. The van der Waals surface area contributed by atoms with Gasteiger partial charge < -0.3 is 18.9 Å². The molecule has 1 aliphatic rings. The molecule has 0 unspecified atom stereocenters. The van der Waals surface area contributed by atoms with Crippen molar-refractivity contribution in [1.82, 2.24) is 0 Å². The first-order valence-corrected chi connectivity index (χ1v) is 7.35. The molecule has 0 aromatic heterocycles. The summed E-state index contributed by atoms with van der Waals surface area (Å²) in [6.45, 7) is 0. The number of hydrogen-bond acceptors (Lipinski definition) is 8. The van der Waals surface area contributed by atoms with Gasteiger partial charge in [0.2, 0.25) is 5.78 Å². The summed E-state index contributed by atoms with van der Waals surface area (Å²) in [6, 6.07) is 8.54. The van der Waals surface area contributed by atoms with Gasteiger partial charge in [0.1, 0.15) is 11.5 Å². The Balaban J connectivity index is 2.17. The van der Waals surface area contributed by atoms with Crippen molar-refractivity contribution in [2.24, 2.45) is 0 Å². The number of ether oxygens (including phenoxy) is 4. The second-order valence-corrected chi connectivity index (χ2v) is 5.13. The molecule has 0 N–H and O–H groups in total. The molecule has 2 aromatic rings. The fourth-order valence-electron chi connectivity index (χ4n) is 2.61. The lowest BCUT2D eigenvalue weighted by atomic mass is 9.83. The van der Waals surface area contributed by atoms with Crippen molar-refractivity contribution in [2.45, 2.75) is 0 Å². The van der Waals surface area contributed by atoms with Crippen molar-refractivity contribution in [3.8, 4) is 11.5 Å². The van der Waals surface area contributed by atoms with Crippen LogP contribution in [0.15, 0.2) is 36.4 Å². The lowest BCUT2D eigenvalue weighted by Crippen LogP contribution is -2.24. The highest BCUT2D eigenvalue weighted by molar-refractivity contribution is 6.30. The van der Waals surface area contributed by atoms with Gasteiger partial charge in [-0.2, -0.15) is 0 Å². The summed E-state index contributed by atoms with van der Waals surface area (Å²) in [4.78, 5) is 48.6. The number of carbonyl (C=O) groups excluding carboxylic acids is 4. The van der Waals surface area contributed by atoms with Crippen LogP contribution < -0.4 is 9.47 Å². The molecule has 0 atom stereocenters. The van der Waals surface area contributed by atoms with Gasteiger partial charge in [0.15, 0.2) is 5.78 Å². The maximum atomic E-state index is 13.0. The Morgan fingerprint density at radius 1 is 0.692 bits per heavy atom. The average Bonchev–Trinajstić information content (AvgIpc) is 2.65. The molecule has 0 fully saturated rings. The lowest BCUT2D eigenvalue weighted by molar-refractivity contribution is 0.0963. The number of hydrogen-bond donors (Lipinski definition) is 0. The van der Waals surface area contributed by atoms with Crippen LogP contribution in [0.4, 0.5) is 9.59 Å². The third kappa shape index (κ3) is 2.77. The van der Waals surface area contributed by atoms with E-state index in [2.05, 4.69) is 9.47 Å². The van der Waals surface area contributed by atoms with Crippen LogP contribution in [0.25, 0.3) is 0 Å². The van der Waals surface area contributed by atoms with Crippen molar-refractivity contribution in [3.05, 3.63) is 58.7 Å². The van der Waals surface area contributed by atoms with Crippen molar-refractivity contribution >= 4 is 23.9 Å². The minimum Gasteiger partial charge on any atom is -0.437 e. The fraction of sp³-hybridized carbons (Fsp3) is 0.111. The fourth-order valence-corrected chi connectivity index (χ4v) is 2.61. The second kappa shape index (κ2) is 6.67. The van der Waals surface area contributed by atoms with E-state index < -0.39 is 23.9 Å². The minimum atomic E-state index is -1.04. The minimum absolute atomic E-state index is 0.0686. The van der Waals surface area contributed by atoms with Crippen LogP contribution in [0.2, 0.25) is 0 Å². The summed E-state index contributed by atoms with van der Waals surface area (Å²) in [5, 5.41) is 0. The first-order chi connectivity index (χ1) is 12.5. The molecule has 0 radical (unpaired) electrons. The quantitative estimate of drug-likeness (QED) is 0.510. The third-order valence-corrected chi connectivity index (χ3v) is 3.72. The summed E-state index contributed by atoms with van der Waals surface area (Å²) < 4.78 is 18.8. The molecule has 0 saturated carbocycles. The predicted molar refractivity (Wildman–Crippen MR) is 85.8 cm³/mol. The van der Waals surface area contributed by atoms with Gasteiger partial charge in [-0.25, -0.2) is 9.59 Å². The smallest absolute Gasteiger partial charge is 0.437 e. The van der Waals surface area contributed by atoms with Crippen LogP contribution in [-0.2, 0) is 9.47 Å². The SMILES string of the molecule is COC(=O)Oc1cccc2c1C(=O)c1c(OC(=O)OC)cccc1C2=O. The molecule has 3 rings (SSSR count). The maximum absolute atomic E-state index is 13.0. The van der Waals surface area contributed by atoms with E-state index in [1.54, 1.807) is 0 Å². The Bertz CT molecular complexity index is 871. The molecular formula is C18H12O8. The van der Waals surface area contributed by atoms with E-state index in [9.17, 15) is 19.2 Å². The molecule has 8 heteroatoms. The molecule has 26 heavy (non-hydrogen) atoms. The number of carbonyl (C=O) groups is 4. The zero-order valence-electron chi connectivity index (χ0n) is 13.7. The Hall–Kier alpha value is -3.68. The van der Waals surface area contributed by atoms with Gasteiger partial charge in [-0.15, -0.1) is 0 Å². The van der Waals surface area contributed by atoms with Gasteiger partial charge in [0, 0.05) is 11.1 Å². The van der Waals surface area contributed by atoms with Crippen molar-refractivity contribution in [3.63, 3.8) is 0 Å². The zero-order chi connectivity index (χ0) is 18.8. The second-order valence-electron chi connectivity index (χ2n) is 5.13. The largest absolute Gasteiger partial charge is 0.513 e. The van der Waals surface area contributed by atoms with Gasteiger partial charge >= 0.3 is 12.3 Å². The van der Waals surface area contributed by atoms with Gasteiger partial charge in [-0.3, -0.25) is 9.59 Å². The maximum Gasteiger partial charge on any atom is 0.513 e. The van der Waals surface area contributed by atoms with Gasteiger partial charge in [-0.1, -0.05) is 24.3 Å². The van der Waals surface area contributed by atoms with Crippen molar-refractivity contribution < 1.29 is 38.1 Å². The first-order valence-electron chi connectivity index (χ1n) is 7.35. The predicted octanol–water partition coefficient (Wildman–Crippen LogP) is 2.75. The van der Waals surface area contributed by atoms with Crippen molar-refractivity contribution in [2.75, 3.05) is 14.2 Å². The van der Waals surface area contributed by atoms with E-state index >= 15 is 0 Å². The standard InChI is InChI=1S/C18H12O8/c1-23-17(21)25-11-7-3-5-9-13(11)16(20)14-10(15(9)19)6-4-8-12(14)26-18(22)24-2/h3-8H,1-2H3. The normalized spacial score (nSPS) is 11.9. The van der Waals surface area contributed by atoms with Crippen LogP contribution in [0.3, 0.4) is 0 Å². The summed E-state index contributed by atoms with van der Waals surface area (Å²) in [6.07, 6.45) is -2.08. The van der Waals surface area contributed by atoms with Gasteiger partial charge in [0.05, 0.1) is 25.3 Å². The van der Waals surface area contributed by atoms with Gasteiger partial charge in [-0.05, 0) is 12.1 Å². The van der Waals surface area contributed by atoms with E-state index in [1.807, 2.05) is 0 Å². The number of methoxy groups -OCH3 is 2. The Labute approximate surface area is 147 Å². The molecule has 0 saturated heterocycles. The average molecular weight is 356 g/mol. The third-order valence-electron chi connectivity index (χ3n) is 3.72. The summed E-state index contributed by atoms with van der Waals surface area (Å²) in [5.41, 5.74) is -0.0918. The molecule has 132 valence electrons. The Morgan fingerprint density at radius 2 is 1.12 bits per heavy atom. The molecule has 0 aliphatic heterocycles. The monoisotopic (exact) mass is 356 g/mol. The molecule has 0 spiro atoms. The molecule has 8 nitrogen and oxygen atoms in total. The highest BCUT2D eigenvalue weighted by Crippen LogP contribution is 2.37. The summed E-state index contributed by atoms with van der Waals surface area (Å²) in [7, 11) is 2.23. The van der Waals surface area contributed by atoms with Gasteiger partial charge in [0.25, 0.3) is 0 Å². The molecule has 2 aromatic carbocycles. The van der Waals surface area contributed by atoms with E-state index in [0.717, 1.165) is 14.2 Å². The highest BCUT2D eigenvalue weighted by atomic mass is 16.7. The van der Waals surface area contributed by atoms with Crippen LogP contribution >= 0.6 is 0 Å². The molecule has 1 aliphatic carbocycles. The van der Waals surface area contributed by atoms with E-state index in [0.29, 0.717) is 0 Å². The Morgan fingerprint density at radius 3 is 1.50 bits per heavy atom. The molecule has 0 heterocycles. The number of ketones is 2. The van der Waals surface area contributed by atoms with Crippen LogP contribution in [-0.4, -0.2) is 38.1 Å². The van der Waals surface area contributed by atoms with Crippen molar-refractivity contribution in [1.29, 1.82) is 0 Å². The number of benzene rings is 2. The summed E-state index contributed by atoms with van der Waals surface area (Å²) >= 11 is 0. The topological polar surface area (TPSA) is 105 Å². The zero-order valence-corrected chi connectivity index (χ0v) is 13.7. The molecular weight excluding hydrogens is 344 g/mol. The molecule has 0 bridgehead atoms. The van der Waals surface area contributed by atoms with E-state index in [4.69, 9.17) is 9.47 Å². The Kier molecular flexibility index (Phi) is 4.40. The van der Waals surface area contributed by atoms with Crippen LogP contribution in [0.1, 0.15) is 31.8 Å². The summed E-state index contributed by atoms with van der Waals surface area (Å²) in [5.74, 6) is -1.37.